The zero-order valence-electron chi connectivity index (χ0n) is 26.4. The molecule has 4 aromatic rings. The molecule has 1 aliphatic carbocycles. The van der Waals surface area contributed by atoms with Gasteiger partial charge in [0.15, 0.2) is 0 Å². The van der Waals surface area contributed by atoms with Gasteiger partial charge >= 0.3 is 0 Å². The molecule has 10 heteroatoms. The van der Waals surface area contributed by atoms with E-state index in [1.807, 2.05) is 61.5 Å². The number of hydrogen-bond donors (Lipinski definition) is 1. The highest BCUT2D eigenvalue weighted by Gasteiger charge is 2.35. The molecule has 1 atom stereocenters. The van der Waals surface area contributed by atoms with E-state index < -0.39 is 28.5 Å². The van der Waals surface area contributed by atoms with Crippen LogP contribution in [-0.4, -0.2) is 50.4 Å². The van der Waals surface area contributed by atoms with Crippen LogP contribution >= 0.6 is 15.9 Å². The molecule has 1 fully saturated rings. The highest BCUT2D eigenvalue weighted by Crippen LogP contribution is 2.27. The van der Waals surface area contributed by atoms with Crippen molar-refractivity contribution in [3.63, 3.8) is 0 Å². The molecule has 8 nitrogen and oxygen atoms in total. The number of nitrogens with one attached hydrogen (secondary N) is 1. The number of ether oxygens (including phenoxy) is 1. The van der Waals surface area contributed by atoms with Gasteiger partial charge in [0, 0.05) is 23.5 Å². The first-order chi connectivity index (χ1) is 22.7. The van der Waals surface area contributed by atoms with Crippen LogP contribution in [0.3, 0.4) is 0 Å². The third kappa shape index (κ3) is 9.02. The zero-order valence-corrected chi connectivity index (χ0v) is 28.8. The summed E-state index contributed by atoms with van der Waals surface area (Å²) in [7, 11) is -4.17. The molecule has 0 bridgehead atoms. The number of hydrogen-bond acceptors (Lipinski definition) is 5. The van der Waals surface area contributed by atoms with Gasteiger partial charge in [-0.25, -0.2) is 8.42 Å². The van der Waals surface area contributed by atoms with E-state index in [2.05, 4.69) is 21.2 Å². The van der Waals surface area contributed by atoms with E-state index in [1.165, 1.54) is 17.0 Å². The van der Waals surface area contributed by atoms with Gasteiger partial charge in [-0.05, 0) is 79.4 Å². The van der Waals surface area contributed by atoms with Crippen LogP contribution in [0.1, 0.15) is 43.7 Å². The topological polar surface area (TPSA) is 96.0 Å². The Hall–Kier alpha value is -4.15. The van der Waals surface area contributed by atoms with Crippen LogP contribution in [0.5, 0.6) is 5.75 Å². The SMILES string of the molecule is CCOc1ccc(N(CC(=O)N(Cc2cccc(Br)c2)[C@H](Cc2ccccc2)C(=O)NC2CCCC2)S(=O)(=O)c2ccccc2)cc1. The Bertz CT molecular complexity index is 1730. The predicted molar refractivity (Wildman–Crippen MR) is 188 cm³/mol. The molecule has 4 aromatic carbocycles. The van der Waals surface area contributed by atoms with Gasteiger partial charge in [0.05, 0.1) is 17.2 Å². The standard InChI is InChI=1S/C37H40BrN3O5S/c1-2-46-33-22-20-32(21-23-33)41(47(44,45)34-18-7-4-8-19-34)27-36(42)40(26-29-14-11-15-30(38)24-29)35(25-28-12-5-3-6-13-28)37(43)39-31-16-9-10-17-31/h3-8,11-15,18-24,31,35H,2,9-10,16-17,25-27H2,1H3,(H,39,43)/t35-/m1/s1. The van der Waals surface area contributed by atoms with E-state index in [0.29, 0.717) is 18.0 Å². The average Bonchev–Trinajstić information content (AvgIpc) is 3.59. The van der Waals surface area contributed by atoms with E-state index in [-0.39, 0.29) is 29.8 Å². The first kappa shape index (κ1) is 34.2. The summed E-state index contributed by atoms with van der Waals surface area (Å²) in [6.07, 6.45) is 4.15. The Morgan fingerprint density at radius 2 is 1.51 bits per heavy atom. The summed E-state index contributed by atoms with van der Waals surface area (Å²) in [4.78, 5) is 30.3. The van der Waals surface area contributed by atoms with Crippen LogP contribution in [0.2, 0.25) is 0 Å². The number of nitrogens with zero attached hydrogens (tertiary/aromatic N) is 2. The van der Waals surface area contributed by atoms with Crippen molar-refractivity contribution >= 4 is 43.5 Å². The van der Waals surface area contributed by atoms with Gasteiger partial charge in [0.1, 0.15) is 18.3 Å². The molecule has 47 heavy (non-hydrogen) atoms. The normalized spacial score (nSPS) is 13.9. The molecule has 0 radical (unpaired) electrons. The molecule has 2 amide bonds. The highest BCUT2D eigenvalue weighted by atomic mass is 79.9. The molecule has 0 aliphatic heterocycles. The molecule has 246 valence electrons. The molecule has 0 saturated heterocycles. The zero-order chi connectivity index (χ0) is 33.2. The lowest BCUT2D eigenvalue weighted by molar-refractivity contribution is -0.140. The van der Waals surface area contributed by atoms with Crippen LogP contribution in [-0.2, 0) is 32.6 Å². The minimum absolute atomic E-state index is 0.0439. The van der Waals surface area contributed by atoms with Gasteiger partial charge in [-0.1, -0.05) is 89.4 Å². The van der Waals surface area contributed by atoms with Gasteiger partial charge in [-0.3, -0.25) is 13.9 Å². The smallest absolute Gasteiger partial charge is 0.264 e. The summed E-state index contributed by atoms with van der Waals surface area (Å²) in [6.45, 7) is 1.92. The molecular formula is C37H40BrN3O5S. The van der Waals surface area contributed by atoms with Crippen molar-refractivity contribution < 1.29 is 22.7 Å². The summed E-state index contributed by atoms with van der Waals surface area (Å²) >= 11 is 3.53. The lowest BCUT2D eigenvalue weighted by Gasteiger charge is -2.34. The minimum atomic E-state index is -4.17. The third-order valence-electron chi connectivity index (χ3n) is 8.26. The quantitative estimate of drug-likeness (QED) is 0.156. The van der Waals surface area contributed by atoms with E-state index in [9.17, 15) is 18.0 Å². The Kier molecular flexibility index (Phi) is 11.7. The number of rotatable bonds is 14. The van der Waals surface area contributed by atoms with Crippen LogP contribution in [0, 0.1) is 0 Å². The number of anilines is 1. The number of sulfonamides is 1. The average molecular weight is 719 g/mol. The fourth-order valence-electron chi connectivity index (χ4n) is 5.88. The Morgan fingerprint density at radius 3 is 2.15 bits per heavy atom. The van der Waals surface area contributed by atoms with Gasteiger partial charge in [-0.15, -0.1) is 0 Å². The van der Waals surface area contributed by atoms with Crippen molar-refractivity contribution in [3.8, 4) is 5.75 Å². The number of benzene rings is 4. The fourth-order valence-corrected chi connectivity index (χ4v) is 7.76. The maximum atomic E-state index is 14.6. The van der Waals surface area contributed by atoms with Crippen LogP contribution in [0.4, 0.5) is 5.69 Å². The van der Waals surface area contributed by atoms with Crippen molar-refractivity contribution in [2.45, 2.75) is 62.6 Å². The lowest BCUT2D eigenvalue weighted by atomic mass is 10.0. The summed E-state index contributed by atoms with van der Waals surface area (Å²) in [5.74, 6) is -0.161. The second-order valence-corrected chi connectivity index (χ2v) is 14.4. The van der Waals surface area contributed by atoms with Crippen molar-refractivity contribution in [1.82, 2.24) is 10.2 Å². The summed E-state index contributed by atoms with van der Waals surface area (Å²) in [6, 6.07) is 31.0. The van der Waals surface area contributed by atoms with Crippen molar-refractivity contribution in [3.05, 3.63) is 125 Å². The van der Waals surface area contributed by atoms with Crippen molar-refractivity contribution in [2.24, 2.45) is 0 Å². The Morgan fingerprint density at radius 1 is 0.872 bits per heavy atom. The molecule has 1 saturated carbocycles. The van der Waals surface area contributed by atoms with Gasteiger partial charge in [0.2, 0.25) is 11.8 Å². The monoisotopic (exact) mass is 717 g/mol. The second kappa shape index (κ2) is 16.1. The number of carbonyl (C=O) groups is 2. The predicted octanol–water partition coefficient (Wildman–Crippen LogP) is 6.74. The molecule has 0 spiro atoms. The number of amides is 2. The minimum Gasteiger partial charge on any atom is -0.494 e. The molecular weight excluding hydrogens is 678 g/mol. The summed E-state index contributed by atoms with van der Waals surface area (Å²) in [5.41, 5.74) is 2.01. The number of halogens is 1. The molecule has 1 N–H and O–H groups in total. The van der Waals surface area contributed by atoms with Gasteiger partial charge in [-0.2, -0.15) is 0 Å². The fraction of sp³-hybridized carbons (Fsp3) is 0.297. The molecule has 0 heterocycles. The van der Waals surface area contributed by atoms with E-state index in [0.717, 1.165) is 45.6 Å². The third-order valence-corrected chi connectivity index (χ3v) is 10.5. The Balaban J connectivity index is 1.56. The first-order valence-corrected chi connectivity index (χ1v) is 18.2. The first-order valence-electron chi connectivity index (χ1n) is 15.9. The molecule has 5 rings (SSSR count). The summed E-state index contributed by atoms with van der Waals surface area (Å²) < 4.78 is 35.9. The van der Waals surface area contributed by atoms with E-state index in [1.54, 1.807) is 42.5 Å². The number of carbonyl (C=O) groups excluding carboxylic acids is 2. The van der Waals surface area contributed by atoms with Crippen LogP contribution in [0.15, 0.2) is 119 Å². The van der Waals surface area contributed by atoms with Crippen molar-refractivity contribution in [1.29, 1.82) is 0 Å². The largest absolute Gasteiger partial charge is 0.494 e. The maximum absolute atomic E-state index is 14.6. The Labute approximate surface area is 285 Å². The van der Waals surface area contributed by atoms with Gasteiger partial charge < -0.3 is 15.0 Å². The van der Waals surface area contributed by atoms with Crippen LogP contribution in [0.25, 0.3) is 0 Å². The van der Waals surface area contributed by atoms with Crippen LogP contribution < -0.4 is 14.4 Å². The molecule has 1 aliphatic rings. The summed E-state index contributed by atoms with van der Waals surface area (Å²) in [5, 5.41) is 3.20. The molecule has 0 aromatic heterocycles. The lowest BCUT2D eigenvalue weighted by Crippen LogP contribution is -2.54. The van der Waals surface area contributed by atoms with Crippen molar-refractivity contribution in [2.75, 3.05) is 17.5 Å². The molecule has 0 unspecified atom stereocenters. The highest BCUT2D eigenvalue weighted by molar-refractivity contribution is 9.10. The van der Waals surface area contributed by atoms with Gasteiger partial charge in [0.25, 0.3) is 10.0 Å². The van der Waals surface area contributed by atoms with E-state index >= 15 is 0 Å². The second-order valence-electron chi connectivity index (χ2n) is 11.6. The maximum Gasteiger partial charge on any atom is 0.264 e. The van der Waals surface area contributed by atoms with E-state index in [4.69, 9.17) is 4.74 Å².